The molecule has 0 aromatic rings. The lowest BCUT2D eigenvalue weighted by molar-refractivity contribution is -0.137. The average molecular weight is 262 g/mol. The summed E-state index contributed by atoms with van der Waals surface area (Å²) in [6.45, 7) is 2.21. The quantitative estimate of drug-likeness (QED) is 0.721. The van der Waals surface area contributed by atoms with Crippen LogP contribution >= 0.6 is 11.6 Å². The van der Waals surface area contributed by atoms with Crippen LogP contribution in [0.25, 0.3) is 0 Å². The number of nitrogens with zero attached hydrogens (tertiary/aromatic N) is 1. The first kappa shape index (κ1) is 13.1. The highest BCUT2D eigenvalue weighted by atomic mass is 35.5. The summed E-state index contributed by atoms with van der Waals surface area (Å²) in [6.07, 6.45) is 3.46. The molecule has 0 N–H and O–H groups in total. The molecule has 4 nitrogen and oxygen atoms in total. The van der Waals surface area contributed by atoms with E-state index in [1.807, 2.05) is 4.90 Å². The van der Waals surface area contributed by atoms with Crippen LogP contribution in [-0.4, -0.2) is 55.2 Å². The molecule has 2 aliphatic heterocycles. The highest BCUT2D eigenvalue weighted by Crippen LogP contribution is 2.35. The van der Waals surface area contributed by atoms with E-state index in [0.29, 0.717) is 18.8 Å². The molecule has 0 radical (unpaired) electrons. The van der Waals surface area contributed by atoms with Gasteiger partial charge in [-0.15, -0.1) is 11.6 Å². The Kier molecular flexibility index (Phi) is 4.28. The van der Waals surface area contributed by atoms with Gasteiger partial charge in [-0.1, -0.05) is 0 Å². The van der Waals surface area contributed by atoms with Gasteiger partial charge in [-0.2, -0.15) is 0 Å². The zero-order chi connectivity index (χ0) is 12.3. The van der Waals surface area contributed by atoms with E-state index >= 15 is 0 Å². The Morgan fingerprint density at radius 2 is 2.47 bits per heavy atom. The van der Waals surface area contributed by atoms with Crippen LogP contribution < -0.4 is 0 Å². The Labute approximate surface area is 107 Å². The average Bonchev–Trinajstić information content (AvgIpc) is 2.73. The van der Waals surface area contributed by atoms with Crippen molar-refractivity contribution in [1.82, 2.24) is 4.90 Å². The lowest BCUT2D eigenvalue weighted by Gasteiger charge is -2.37. The van der Waals surface area contributed by atoms with Crippen LogP contribution in [-0.2, 0) is 14.3 Å². The summed E-state index contributed by atoms with van der Waals surface area (Å²) in [7, 11) is 1.75. The molecule has 2 heterocycles. The Bertz CT molecular complexity index is 287. The lowest BCUT2D eigenvalue weighted by Crippen LogP contribution is -2.45. The summed E-state index contributed by atoms with van der Waals surface area (Å²) in [5.41, 5.74) is -0.166. The number of hydrogen-bond acceptors (Lipinski definition) is 3. The first-order valence-corrected chi connectivity index (χ1v) is 6.73. The Balaban J connectivity index is 1.93. The van der Waals surface area contributed by atoms with Crippen molar-refractivity contribution >= 4 is 17.5 Å². The second-order valence-corrected chi connectivity index (χ2v) is 5.26. The van der Waals surface area contributed by atoms with E-state index in [-0.39, 0.29) is 17.6 Å². The predicted molar refractivity (Wildman–Crippen MR) is 65.2 cm³/mol. The van der Waals surface area contributed by atoms with E-state index in [0.717, 1.165) is 32.4 Å². The third kappa shape index (κ3) is 2.92. The number of amides is 1. The fourth-order valence-corrected chi connectivity index (χ4v) is 2.93. The van der Waals surface area contributed by atoms with Crippen LogP contribution in [0.4, 0.5) is 0 Å². The minimum absolute atomic E-state index is 0.139. The molecule has 2 atom stereocenters. The fraction of sp³-hybridized carbons (Fsp3) is 0.917. The molecule has 2 rings (SSSR count). The largest absolute Gasteiger partial charge is 0.381 e. The van der Waals surface area contributed by atoms with Gasteiger partial charge < -0.3 is 14.4 Å². The minimum Gasteiger partial charge on any atom is -0.381 e. The minimum atomic E-state index is -0.166. The van der Waals surface area contributed by atoms with Crippen molar-refractivity contribution < 1.29 is 14.3 Å². The lowest BCUT2D eigenvalue weighted by atomic mass is 9.91. The van der Waals surface area contributed by atoms with Crippen LogP contribution in [0.15, 0.2) is 0 Å². The molecule has 0 bridgehead atoms. The molecule has 98 valence electrons. The standard InChI is InChI=1S/C12H20ClNO3/c1-16-10-3-7-17-12(8-10)4-6-14(9-12)11(15)2-5-13/h10H,2-9H2,1H3/t10-,12-/m1/s1. The molecular formula is C12H20ClNO3. The number of halogens is 1. The van der Waals surface area contributed by atoms with Gasteiger partial charge in [-0.05, 0) is 12.8 Å². The summed E-state index contributed by atoms with van der Waals surface area (Å²) in [6, 6.07) is 0. The van der Waals surface area contributed by atoms with Gasteiger partial charge in [-0.25, -0.2) is 0 Å². The summed E-state index contributed by atoms with van der Waals surface area (Å²) >= 11 is 5.60. The van der Waals surface area contributed by atoms with Gasteiger partial charge in [0.15, 0.2) is 0 Å². The van der Waals surface area contributed by atoms with Gasteiger partial charge in [-0.3, -0.25) is 4.79 Å². The Morgan fingerprint density at radius 1 is 1.65 bits per heavy atom. The van der Waals surface area contributed by atoms with Crippen molar-refractivity contribution in [2.24, 2.45) is 0 Å². The number of likely N-dealkylation sites (tertiary alicyclic amines) is 1. The highest BCUT2D eigenvalue weighted by Gasteiger charge is 2.44. The zero-order valence-corrected chi connectivity index (χ0v) is 11.0. The van der Waals surface area contributed by atoms with E-state index in [1.54, 1.807) is 7.11 Å². The van der Waals surface area contributed by atoms with Gasteiger partial charge in [0.2, 0.25) is 5.91 Å². The maximum Gasteiger partial charge on any atom is 0.223 e. The molecule has 1 amide bonds. The maximum atomic E-state index is 11.8. The van der Waals surface area contributed by atoms with E-state index < -0.39 is 0 Å². The van der Waals surface area contributed by atoms with E-state index in [4.69, 9.17) is 21.1 Å². The smallest absolute Gasteiger partial charge is 0.223 e. The van der Waals surface area contributed by atoms with Crippen molar-refractivity contribution in [3.05, 3.63) is 0 Å². The Morgan fingerprint density at radius 3 is 3.18 bits per heavy atom. The van der Waals surface area contributed by atoms with Gasteiger partial charge in [0, 0.05) is 45.5 Å². The fourth-order valence-electron chi connectivity index (χ4n) is 2.76. The summed E-state index contributed by atoms with van der Waals surface area (Å²) in [5.74, 6) is 0.532. The number of alkyl halides is 1. The van der Waals surface area contributed by atoms with E-state index in [2.05, 4.69) is 0 Å². The molecule has 0 saturated carbocycles. The van der Waals surface area contributed by atoms with E-state index in [9.17, 15) is 4.79 Å². The van der Waals surface area contributed by atoms with Crippen molar-refractivity contribution in [1.29, 1.82) is 0 Å². The topological polar surface area (TPSA) is 38.8 Å². The van der Waals surface area contributed by atoms with Crippen molar-refractivity contribution in [2.75, 3.05) is 32.7 Å². The zero-order valence-electron chi connectivity index (χ0n) is 10.3. The third-order valence-electron chi connectivity index (χ3n) is 3.76. The van der Waals surface area contributed by atoms with Crippen LogP contribution in [0, 0.1) is 0 Å². The molecule has 2 aliphatic rings. The molecule has 0 aromatic heterocycles. The van der Waals surface area contributed by atoms with Crippen LogP contribution in [0.2, 0.25) is 0 Å². The number of hydrogen-bond donors (Lipinski definition) is 0. The number of carbonyl (C=O) groups excluding carboxylic acids is 1. The Hall–Kier alpha value is -0.320. The summed E-state index contributed by atoms with van der Waals surface area (Å²) in [4.78, 5) is 13.7. The molecule has 2 saturated heterocycles. The number of carbonyl (C=O) groups is 1. The second kappa shape index (κ2) is 5.55. The monoisotopic (exact) mass is 261 g/mol. The van der Waals surface area contributed by atoms with Crippen LogP contribution in [0.5, 0.6) is 0 Å². The first-order valence-electron chi connectivity index (χ1n) is 6.19. The molecule has 1 spiro atoms. The number of rotatable bonds is 3. The molecule has 2 fully saturated rings. The normalized spacial score (nSPS) is 33.3. The maximum absolute atomic E-state index is 11.8. The van der Waals surface area contributed by atoms with Gasteiger partial charge in [0.05, 0.1) is 11.7 Å². The van der Waals surface area contributed by atoms with Gasteiger partial charge >= 0.3 is 0 Å². The summed E-state index contributed by atoms with van der Waals surface area (Å²) in [5, 5.41) is 0. The number of methoxy groups -OCH3 is 1. The third-order valence-corrected chi connectivity index (χ3v) is 3.95. The predicted octanol–water partition coefficient (Wildman–Crippen LogP) is 1.41. The second-order valence-electron chi connectivity index (χ2n) is 4.89. The van der Waals surface area contributed by atoms with E-state index in [1.165, 1.54) is 0 Å². The summed E-state index contributed by atoms with van der Waals surface area (Å²) < 4.78 is 11.3. The first-order chi connectivity index (χ1) is 8.19. The molecular weight excluding hydrogens is 242 g/mol. The molecule has 0 unspecified atom stereocenters. The van der Waals surface area contributed by atoms with Crippen molar-refractivity contribution in [3.63, 3.8) is 0 Å². The van der Waals surface area contributed by atoms with Gasteiger partial charge in [0.25, 0.3) is 0 Å². The molecule has 5 heteroatoms. The van der Waals surface area contributed by atoms with Gasteiger partial charge in [0.1, 0.15) is 0 Å². The van der Waals surface area contributed by atoms with Crippen molar-refractivity contribution in [3.8, 4) is 0 Å². The van der Waals surface area contributed by atoms with Crippen molar-refractivity contribution in [2.45, 2.75) is 37.4 Å². The number of ether oxygens (including phenoxy) is 2. The highest BCUT2D eigenvalue weighted by molar-refractivity contribution is 6.18. The molecule has 0 aliphatic carbocycles. The molecule has 0 aromatic carbocycles. The SMILES string of the molecule is CO[C@@H]1CCO[C@]2(CCN(C(=O)CCCl)C2)C1. The molecule has 17 heavy (non-hydrogen) atoms. The van der Waals surface area contributed by atoms with Crippen LogP contribution in [0.1, 0.15) is 25.7 Å². The van der Waals surface area contributed by atoms with Crippen LogP contribution in [0.3, 0.4) is 0 Å².